The number of aryl methyl sites for hydroxylation is 1. The van der Waals surface area contributed by atoms with E-state index in [0.717, 1.165) is 41.9 Å². The number of anilines is 1. The van der Waals surface area contributed by atoms with Gasteiger partial charge in [-0.3, -0.25) is 9.67 Å². The largest absolute Gasteiger partial charge is 0.360 e. The van der Waals surface area contributed by atoms with Crippen LogP contribution in [0.15, 0.2) is 35.5 Å². The maximum absolute atomic E-state index is 4.60. The van der Waals surface area contributed by atoms with Gasteiger partial charge >= 0.3 is 0 Å². The number of fused-ring (bicyclic) bond motifs is 1. The van der Waals surface area contributed by atoms with Crippen LogP contribution >= 0.6 is 35.3 Å². The van der Waals surface area contributed by atoms with Crippen molar-refractivity contribution in [2.75, 3.05) is 32.5 Å². The Hall–Kier alpha value is -1.88. The third-order valence-corrected chi connectivity index (χ3v) is 5.44. The van der Waals surface area contributed by atoms with Crippen LogP contribution in [0.3, 0.4) is 0 Å². The number of benzene rings is 1. The maximum atomic E-state index is 4.60. The summed E-state index contributed by atoms with van der Waals surface area (Å²) in [5.74, 6) is 1.27. The van der Waals surface area contributed by atoms with E-state index in [1.807, 2.05) is 44.0 Å². The predicted octanol–water partition coefficient (Wildman–Crippen LogP) is 3.89. The lowest BCUT2D eigenvalue weighted by molar-refractivity contribution is 0.475. The fraction of sp³-hybridized carbons (Fsp3) is 0.450. The Morgan fingerprint density at radius 1 is 1.28 bits per heavy atom. The number of nitrogens with zero attached hydrogens (tertiary/aromatic N) is 5. The van der Waals surface area contributed by atoms with Gasteiger partial charge in [0.2, 0.25) is 0 Å². The molecule has 0 spiro atoms. The monoisotopic (exact) mass is 527 g/mol. The minimum absolute atomic E-state index is 0. The van der Waals surface area contributed by atoms with Crippen LogP contribution in [0.5, 0.6) is 0 Å². The lowest BCUT2D eigenvalue weighted by atomic mass is 10.1. The van der Waals surface area contributed by atoms with Gasteiger partial charge in [0.05, 0.1) is 15.9 Å². The summed E-state index contributed by atoms with van der Waals surface area (Å²) in [6.07, 6.45) is 2.09. The number of aliphatic imine (C=N–C) groups is 1. The highest BCUT2D eigenvalue weighted by Gasteiger charge is 2.15. The van der Waals surface area contributed by atoms with Crippen LogP contribution in [0.4, 0.5) is 5.13 Å². The zero-order chi connectivity index (χ0) is 20.1. The molecule has 0 aliphatic carbocycles. The molecule has 3 rings (SSSR count). The van der Waals surface area contributed by atoms with Gasteiger partial charge in [0.25, 0.3) is 0 Å². The Kier molecular flexibility index (Phi) is 8.69. The van der Waals surface area contributed by atoms with Gasteiger partial charge in [-0.25, -0.2) is 4.98 Å². The second-order valence-corrected chi connectivity index (χ2v) is 8.14. The van der Waals surface area contributed by atoms with Gasteiger partial charge in [-0.1, -0.05) is 37.3 Å². The van der Waals surface area contributed by atoms with Crippen LogP contribution < -0.4 is 10.6 Å². The Bertz CT molecular complexity index is 914. The number of rotatable bonds is 7. The molecule has 9 heteroatoms. The second-order valence-electron chi connectivity index (χ2n) is 7.11. The summed E-state index contributed by atoms with van der Waals surface area (Å²) < 4.78 is 3.09. The van der Waals surface area contributed by atoms with E-state index >= 15 is 0 Å². The molecule has 2 aromatic heterocycles. The van der Waals surface area contributed by atoms with Crippen LogP contribution in [0.25, 0.3) is 10.2 Å². The number of para-hydroxylation sites is 1. The molecule has 0 atom stereocenters. The fourth-order valence-electron chi connectivity index (χ4n) is 3.17. The molecule has 3 aromatic rings. The first-order chi connectivity index (χ1) is 13.5. The average molecular weight is 527 g/mol. The van der Waals surface area contributed by atoms with Crippen LogP contribution in [-0.4, -0.2) is 52.8 Å². The smallest absolute Gasteiger partial charge is 0.193 e. The molecule has 0 fully saturated rings. The highest BCUT2D eigenvalue weighted by Crippen LogP contribution is 2.25. The van der Waals surface area contributed by atoms with E-state index in [1.54, 1.807) is 11.3 Å². The number of hydrogen-bond acceptors (Lipinski definition) is 5. The number of hydrogen-bond donors (Lipinski definition) is 2. The number of guanidine groups is 1. The highest BCUT2D eigenvalue weighted by molar-refractivity contribution is 14.0. The van der Waals surface area contributed by atoms with E-state index in [0.29, 0.717) is 5.92 Å². The minimum atomic E-state index is 0. The van der Waals surface area contributed by atoms with Gasteiger partial charge < -0.3 is 15.5 Å². The summed E-state index contributed by atoms with van der Waals surface area (Å²) in [5.41, 5.74) is 3.41. The molecule has 0 unspecified atom stereocenters. The van der Waals surface area contributed by atoms with Gasteiger partial charge in [0.1, 0.15) is 0 Å². The van der Waals surface area contributed by atoms with E-state index < -0.39 is 0 Å². The molecule has 0 bridgehead atoms. The van der Waals surface area contributed by atoms with E-state index in [9.17, 15) is 0 Å². The summed E-state index contributed by atoms with van der Waals surface area (Å²) in [6.45, 7) is 6.65. The molecule has 2 heterocycles. The zero-order valence-electron chi connectivity index (χ0n) is 17.6. The summed E-state index contributed by atoms with van der Waals surface area (Å²) in [7, 11) is 5.83. The normalized spacial score (nSPS) is 11.6. The molecular weight excluding hydrogens is 497 g/mol. The molecule has 2 N–H and O–H groups in total. The van der Waals surface area contributed by atoms with Gasteiger partial charge in [0.15, 0.2) is 11.1 Å². The van der Waals surface area contributed by atoms with Crippen molar-refractivity contribution in [3.8, 4) is 0 Å². The van der Waals surface area contributed by atoms with E-state index in [1.165, 1.54) is 10.3 Å². The van der Waals surface area contributed by atoms with E-state index in [2.05, 4.69) is 56.7 Å². The molecule has 158 valence electrons. The van der Waals surface area contributed by atoms with Crippen molar-refractivity contribution in [2.45, 2.75) is 26.3 Å². The number of nitrogens with one attached hydrogen (secondary N) is 2. The lowest BCUT2D eigenvalue weighted by Crippen LogP contribution is -2.40. The Morgan fingerprint density at radius 3 is 2.72 bits per heavy atom. The van der Waals surface area contributed by atoms with Gasteiger partial charge in [0, 0.05) is 52.5 Å². The number of thiazole rings is 1. The lowest BCUT2D eigenvalue weighted by Gasteiger charge is -2.22. The highest BCUT2D eigenvalue weighted by atomic mass is 127. The van der Waals surface area contributed by atoms with Crippen molar-refractivity contribution in [1.82, 2.24) is 25.0 Å². The van der Waals surface area contributed by atoms with Crippen LogP contribution in [0.2, 0.25) is 0 Å². The standard InChI is InChI=1S/C20H29N7S.HI/c1-14(2)18-15(13-27(5)25-18)12-26(4)19(21-3)22-10-11-23-20-24-16-8-6-7-9-17(16)28-20;/h6-9,13-14H,10-12H2,1-5H3,(H,21,22)(H,23,24);1H. The summed E-state index contributed by atoms with van der Waals surface area (Å²) in [4.78, 5) is 11.1. The van der Waals surface area contributed by atoms with Crippen molar-refractivity contribution in [1.29, 1.82) is 0 Å². The van der Waals surface area contributed by atoms with Crippen molar-refractivity contribution >= 4 is 56.6 Å². The van der Waals surface area contributed by atoms with Crippen molar-refractivity contribution in [2.24, 2.45) is 12.0 Å². The number of aromatic nitrogens is 3. The predicted molar refractivity (Wildman–Crippen MR) is 134 cm³/mol. The second kappa shape index (κ2) is 10.8. The summed E-state index contributed by atoms with van der Waals surface area (Å²) >= 11 is 1.68. The number of halogens is 1. The SMILES string of the molecule is CN=C(NCCNc1nc2ccccc2s1)N(C)Cc1cn(C)nc1C(C)C.I. The summed E-state index contributed by atoms with van der Waals surface area (Å²) in [6, 6.07) is 8.19. The molecule has 0 aliphatic heterocycles. The van der Waals surface area contributed by atoms with Gasteiger partial charge in [-0.2, -0.15) is 5.10 Å². The molecule has 29 heavy (non-hydrogen) atoms. The van der Waals surface area contributed by atoms with Crippen molar-refractivity contribution < 1.29 is 0 Å². The molecule has 0 aliphatic rings. The third kappa shape index (κ3) is 6.05. The Labute approximate surface area is 193 Å². The minimum Gasteiger partial charge on any atom is -0.360 e. The van der Waals surface area contributed by atoms with Crippen LogP contribution in [0, 0.1) is 0 Å². The average Bonchev–Trinajstić information content (AvgIpc) is 3.24. The molecule has 1 aromatic carbocycles. The van der Waals surface area contributed by atoms with Gasteiger partial charge in [-0.05, 0) is 18.1 Å². The maximum Gasteiger partial charge on any atom is 0.193 e. The first-order valence-electron chi connectivity index (χ1n) is 9.51. The molecule has 0 saturated heterocycles. The Morgan fingerprint density at radius 2 is 2.03 bits per heavy atom. The fourth-order valence-corrected chi connectivity index (χ4v) is 4.06. The molecular formula is C20H30IN7S. The molecule has 7 nitrogen and oxygen atoms in total. The van der Waals surface area contributed by atoms with E-state index in [4.69, 9.17) is 0 Å². The third-order valence-electron chi connectivity index (χ3n) is 4.44. The molecule has 0 amide bonds. The first kappa shape index (κ1) is 23.4. The first-order valence-corrected chi connectivity index (χ1v) is 10.3. The topological polar surface area (TPSA) is 70.4 Å². The van der Waals surface area contributed by atoms with Crippen molar-refractivity contribution in [3.63, 3.8) is 0 Å². The Balaban J connectivity index is 0.00000300. The van der Waals surface area contributed by atoms with E-state index in [-0.39, 0.29) is 24.0 Å². The quantitative estimate of drug-likeness (QED) is 0.211. The molecule has 0 radical (unpaired) electrons. The van der Waals surface area contributed by atoms with Crippen LogP contribution in [0.1, 0.15) is 31.0 Å². The van der Waals surface area contributed by atoms with Crippen molar-refractivity contribution in [3.05, 3.63) is 41.7 Å². The molecule has 0 saturated carbocycles. The van der Waals surface area contributed by atoms with Crippen LogP contribution in [-0.2, 0) is 13.6 Å². The zero-order valence-corrected chi connectivity index (χ0v) is 20.8. The van der Waals surface area contributed by atoms with Gasteiger partial charge in [-0.15, -0.1) is 24.0 Å². The summed E-state index contributed by atoms with van der Waals surface area (Å²) in [5, 5.41) is 12.3.